The molecule has 10 nitrogen and oxygen atoms in total. The Balaban J connectivity index is 1.62. The zero-order chi connectivity index (χ0) is 23.6. The molecular formula is C23H29N3O7. The number of amides is 1. The van der Waals surface area contributed by atoms with Crippen molar-refractivity contribution in [1.29, 1.82) is 0 Å². The van der Waals surface area contributed by atoms with E-state index in [1.54, 1.807) is 6.92 Å². The topological polar surface area (TPSA) is 112 Å². The van der Waals surface area contributed by atoms with E-state index in [-0.39, 0.29) is 29.3 Å². The van der Waals surface area contributed by atoms with Crippen molar-refractivity contribution in [3.63, 3.8) is 0 Å². The number of carbonyl (C=O) groups is 1. The first-order chi connectivity index (χ1) is 16.0. The first-order valence-electron chi connectivity index (χ1n) is 10.8. The molecule has 0 aliphatic carbocycles. The van der Waals surface area contributed by atoms with Crippen LogP contribution < -0.4 is 19.5 Å². The Kier molecular flexibility index (Phi) is 8.85. The van der Waals surface area contributed by atoms with Gasteiger partial charge in [0.05, 0.1) is 37.9 Å². The molecule has 3 rings (SSSR count). The van der Waals surface area contributed by atoms with Crippen molar-refractivity contribution in [3.05, 3.63) is 57.6 Å². The number of carbonyl (C=O) groups excluding carboxylic acids is 1. The Labute approximate surface area is 192 Å². The van der Waals surface area contributed by atoms with Crippen molar-refractivity contribution in [2.75, 3.05) is 53.2 Å². The monoisotopic (exact) mass is 459 g/mol. The highest BCUT2D eigenvalue weighted by molar-refractivity contribution is 5.99. The fourth-order valence-electron chi connectivity index (χ4n) is 3.45. The first-order valence-corrected chi connectivity index (χ1v) is 10.8. The maximum Gasteiger partial charge on any atom is 0.286 e. The number of nitrogens with zero attached hydrogens (tertiary/aromatic N) is 2. The van der Waals surface area contributed by atoms with Gasteiger partial charge in [-0.1, -0.05) is 12.1 Å². The van der Waals surface area contributed by atoms with Gasteiger partial charge in [-0.05, 0) is 24.6 Å². The van der Waals surface area contributed by atoms with Crippen LogP contribution in [0.15, 0.2) is 36.4 Å². The second kappa shape index (κ2) is 12.0. The van der Waals surface area contributed by atoms with Crippen molar-refractivity contribution in [1.82, 2.24) is 10.2 Å². The summed E-state index contributed by atoms with van der Waals surface area (Å²) in [5, 5.41) is 14.2. The molecule has 1 saturated heterocycles. The number of hydrogen-bond acceptors (Lipinski definition) is 8. The standard InChI is InChI=1S/C23H29N3O7/c1-3-32-22-15-20(26(28)29)19(14-21(22)30-2)23(27)24-16-17-5-4-6-18(13-17)33-12-9-25-7-10-31-11-8-25/h4-6,13-15H,3,7-12,16H2,1-2H3,(H,24,27). The molecular weight excluding hydrogens is 430 g/mol. The predicted octanol–water partition coefficient (Wildman–Crippen LogP) is 2.64. The third kappa shape index (κ3) is 6.80. The lowest BCUT2D eigenvalue weighted by Gasteiger charge is -2.26. The van der Waals surface area contributed by atoms with E-state index in [1.165, 1.54) is 19.2 Å². The van der Waals surface area contributed by atoms with Gasteiger partial charge in [-0.3, -0.25) is 19.8 Å². The lowest BCUT2D eigenvalue weighted by atomic mass is 10.1. The Morgan fingerprint density at radius 2 is 1.97 bits per heavy atom. The van der Waals surface area contributed by atoms with Gasteiger partial charge in [0.2, 0.25) is 0 Å². The van der Waals surface area contributed by atoms with Crippen LogP contribution in [0, 0.1) is 10.1 Å². The highest BCUT2D eigenvalue weighted by Gasteiger charge is 2.24. The molecule has 0 aromatic heterocycles. The van der Waals surface area contributed by atoms with Crippen LogP contribution in [-0.2, 0) is 11.3 Å². The van der Waals surface area contributed by atoms with Gasteiger partial charge in [0, 0.05) is 32.2 Å². The molecule has 0 radical (unpaired) electrons. The van der Waals surface area contributed by atoms with Crippen molar-refractivity contribution >= 4 is 11.6 Å². The number of benzene rings is 2. The molecule has 1 aliphatic heterocycles. The molecule has 2 aromatic carbocycles. The van der Waals surface area contributed by atoms with Crippen LogP contribution in [0.2, 0.25) is 0 Å². The lowest BCUT2D eigenvalue weighted by Crippen LogP contribution is -2.38. The van der Waals surface area contributed by atoms with Crippen LogP contribution in [0.3, 0.4) is 0 Å². The Morgan fingerprint density at radius 1 is 1.18 bits per heavy atom. The molecule has 0 bridgehead atoms. The van der Waals surface area contributed by atoms with Crippen LogP contribution in [0.5, 0.6) is 17.2 Å². The Bertz CT molecular complexity index is 961. The number of nitro benzene ring substituents is 1. The summed E-state index contributed by atoms with van der Waals surface area (Å²) in [5.74, 6) is 0.582. The fourth-order valence-corrected chi connectivity index (χ4v) is 3.45. The number of nitrogens with one attached hydrogen (secondary N) is 1. The van der Waals surface area contributed by atoms with Crippen LogP contribution in [0.25, 0.3) is 0 Å². The average Bonchev–Trinajstić information content (AvgIpc) is 2.83. The number of rotatable bonds is 11. The minimum Gasteiger partial charge on any atom is -0.493 e. The molecule has 0 unspecified atom stereocenters. The molecule has 1 fully saturated rings. The van der Waals surface area contributed by atoms with Gasteiger partial charge in [0.25, 0.3) is 11.6 Å². The summed E-state index contributed by atoms with van der Waals surface area (Å²) in [6.45, 7) is 6.90. The summed E-state index contributed by atoms with van der Waals surface area (Å²) in [7, 11) is 1.41. The molecule has 10 heteroatoms. The number of morpholine rings is 1. The van der Waals surface area contributed by atoms with Gasteiger partial charge in [0.15, 0.2) is 11.5 Å². The third-order valence-electron chi connectivity index (χ3n) is 5.15. The van der Waals surface area contributed by atoms with Gasteiger partial charge < -0.3 is 24.3 Å². The maximum absolute atomic E-state index is 12.8. The molecule has 1 amide bonds. The summed E-state index contributed by atoms with van der Waals surface area (Å²) in [6, 6.07) is 9.92. The summed E-state index contributed by atoms with van der Waals surface area (Å²) in [4.78, 5) is 25.9. The molecule has 2 aromatic rings. The summed E-state index contributed by atoms with van der Waals surface area (Å²) in [6.07, 6.45) is 0. The second-order valence-corrected chi connectivity index (χ2v) is 7.34. The van der Waals surface area contributed by atoms with Crippen molar-refractivity contribution in [2.45, 2.75) is 13.5 Å². The van der Waals surface area contributed by atoms with E-state index < -0.39 is 10.8 Å². The highest BCUT2D eigenvalue weighted by Crippen LogP contribution is 2.34. The van der Waals surface area contributed by atoms with E-state index in [2.05, 4.69) is 10.2 Å². The largest absolute Gasteiger partial charge is 0.493 e. The molecule has 33 heavy (non-hydrogen) atoms. The van der Waals surface area contributed by atoms with E-state index >= 15 is 0 Å². The van der Waals surface area contributed by atoms with Crippen LogP contribution in [0.1, 0.15) is 22.8 Å². The molecule has 1 N–H and O–H groups in total. The molecule has 0 saturated carbocycles. The molecule has 0 spiro atoms. The van der Waals surface area contributed by atoms with Crippen LogP contribution in [-0.4, -0.2) is 68.9 Å². The number of ether oxygens (including phenoxy) is 4. The van der Waals surface area contributed by atoms with E-state index in [1.807, 2.05) is 24.3 Å². The zero-order valence-electron chi connectivity index (χ0n) is 18.9. The van der Waals surface area contributed by atoms with E-state index in [0.717, 1.165) is 38.4 Å². The summed E-state index contributed by atoms with van der Waals surface area (Å²) < 4.78 is 21.8. The minimum atomic E-state index is -0.611. The highest BCUT2D eigenvalue weighted by atomic mass is 16.6. The van der Waals surface area contributed by atoms with Crippen molar-refractivity contribution in [2.24, 2.45) is 0 Å². The Hall–Kier alpha value is -3.37. The van der Waals surface area contributed by atoms with Gasteiger partial charge in [0.1, 0.15) is 17.9 Å². The van der Waals surface area contributed by atoms with Gasteiger partial charge in [-0.2, -0.15) is 0 Å². The molecule has 1 heterocycles. The van der Waals surface area contributed by atoms with Crippen LogP contribution >= 0.6 is 0 Å². The smallest absolute Gasteiger partial charge is 0.286 e. The molecule has 0 atom stereocenters. The van der Waals surface area contributed by atoms with E-state index in [4.69, 9.17) is 18.9 Å². The number of nitro groups is 1. The minimum absolute atomic E-state index is 0.0989. The maximum atomic E-state index is 12.8. The average molecular weight is 459 g/mol. The van der Waals surface area contributed by atoms with Crippen molar-refractivity contribution < 1.29 is 28.7 Å². The zero-order valence-corrected chi connectivity index (χ0v) is 18.9. The van der Waals surface area contributed by atoms with Gasteiger partial charge >= 0.3 is 0 Å². The van der Waals surface area contributed by atoms with Crippen molar-refractivity contribution in [3.8, 4) is 17.2 Å². The van der Waals surface area contributed by atoms with E-state index in [9.17, 15) is 14.9 Å². The number of hydrogen-bond donors (Lipinski definition) is 1. The SMILES string of the molecule is CCOc1cc([N+](=O)[O-])c(C(=O)NCc2cccc(OCCN3CCOCC3)c2)cc1OC. The lowest BCUT2D eigenvalue weighted by molar-refractivity contribution is -0.385. The normalized spacial score (nSPS) is 13.9. The summed E-state index contributed by atoms with van der Waals surface area (Å²) >= 11 is 0. The van der Waals surface area contributed by atoms with E-state index in [0.29, 0.717) is 19.0 Å². The van der Waals surface area contributed by atoms with Gasteiger partial charge in [-0.15, -0.1) is 0 Å². The summed E-state index contributed by atoms with van der Waals surface area (Å²) in [5.41, 5.74) is 0.364. The Morgan fingerprint density at radius 3 is 2.67 bits per heavy atom. The second-order valence-electron chi connectivity index (χ2n) is 7.34. The third-order valence-corrected chi connectivity index (χ3v) is 5.15. The fraction of sp³-hybridized carbons (Fsp3) is 0.435. The van der Waals surface area contributed by atoms with Crippen LogP contribution in [0.4, 0.5) is 5.69 Å². The first kappa shape index (κ1) is 24.3. The predicted molar refractivity (Wildman–Crippen MR) is 121 cm³/mol. The number of methoxy groups -OCH3 is 1. The quantitative estimate of drug-likeness (QED) is 0.403. The molecule has 178 valence electrons. The van der Waals surface area contributed by atoms with Gasteiger partial charge in [-0.25, -0.2) is 0 Å². The molecule has 1 aliphatic rings.